The number of non-ortho nitro benzene ring substituents is 3. The molecule has 0 saturated heterocycles. The molecule has 0 aliphatic heterocycles. The normalized spacial score (nSPS) is 11.7. The first kappa shape index (κ1) is 22.7. The molecule has 2 N–H and O–H groups in total. The molecule has 0 aliphatic rings. The second-order valence-electron chi connectivity index (χ2n) is 6.67. The smallest absolute Gasteiger partial charge is 0.323 e. The molecule has 0 aliphatic carbocycles. The Hall–Kier alpha value is -3.99. The molecule has 3 rings (SSSR count). The molecule has 0 heterocycles. The van der Waals surface area contributed by atoms with Gasteiger partial charge in [0.2, 0.25) is 0 Å². The minimum Gasteiger partial charge on any atom is -0.323 e. The number of nitro groups is 3. The molecule has 0 fully saturated rings. The van der Waals surface area contributed by atoms with Crippen LogP contribution in [0.1, 0.15) is 16.7 Å². The van der Waals surface area contributed by atoms with Crippen molar-refractivity contribution < 1.29 is 29.1 Å². The maximum Gasteiger partial charge on any atom is 0.344 e. The van der Waals surface area contributed by atoms with Gasteiger partial charge in [-0.05, 0) is 16.7 Å². The minimum absolute atomic E-state index is 0.0425. The molecular weight excluding hydrogens is 445 g/mol. The van der Waals surface area contributed by atoms with Crippen LogP contribution in [0.4, 0.5) is 17.1 Å². The van der Waals surface area contributed by atoms with Crippen LogP contribution in [-0.2, 0) is 9.72 Å². The topological polar surface area (TPSA) is 187 Å². The number of benzene rings is 3. The number of rotatable bonds is 7. The SMILES string of the molecule is O=[N+]([O-])c1ccc(C(c2ccc([N+](=O)[O-])cc2)(c2ccc([N+](=O)[O-])cc2)P(=O)(O)O)cc1. The highest BCUT2D eigenvalue weighted by Crippen LogP contribution is 2.64. The van der Waals surface area contributed by atoms with Gasteiger partial charge in [-0.3, -0.25) is 34.9 Å². The van der Waals surface area contributed by atoms with Gasteiger partial charge in [0.25, 0.3) is 17.1 Å². The molecule has 0 saturated carbocycles. The minimum atomic E-state index is -5.20. The van der Waals surface area contributed by atoms with E-state index in [9.17, 15) is 44.7 Å². The number of hydrogen-bond acceptors (Lipinski definition) is 7. The van der Waals surface area contributed by atoms with Gasteiger partial charge in [-0.1, -0.05) is 36.4 Å². The summed E-state index contributed by atoms with van der Waals surface area (Å²) in [5.74, 6) is 0. The molecule has 13 heteroatoms. The number of nitrogens with zero attached hydrogens (tertiary/aromatic N) is 3. The van der Waals surface area contributed by atoms with E-state index in [0.29, 0.717) is 0 Å². The van der Waals surface area contributed by atoms with Gasteiger partial charge in [-0.15, -0.1) is 0 Å². The van der Waals surface area contributed by atoms with Crippen molar-refractivity contribution in [3.05, 3.63) is 120 Å². The molecule has 0 radical (unpaired) electrons. The van der Waals surface area contributed by atoms with Crippen molar-refractivity contribution in [3.63, 3.8) is 0 Å². The molecule has 0 aromatic heterocycles. The average Bonchev–Trinajstić information content (AvgIpc) is 2.74. The van der Waals surface area contributed by atoms with Crippen LogP contribution in [0.5, 0.6) is 0 Å². The Balaban J connectivity index is 2.37. The van der Waals surface area contributed by atoms with Gasteiger partial charge in [-0.2, -0.15) is 0 Å². The number of hydrogen-bond donors (Lipinski definition) is 2. The Labute approximate surface area is 179 Å². The monoisotopic (exact) mass is 459 g/mol. The predicted octanol–water partition coefficient (Wildman–Crippen LogP) is 3.88. The van der Waals surface area contributed by atoms with Gasteiger partial charge in [0.15, 0.2) is 0 Å². The Morgan fingerprint density at radius 1 is 0.562 bits per heavy atom. The summed E-state index contributed by atoms with van der Waals surface area (Å²) in [5, 5.41) is 30.8. The number of nitro benzene ring substituents is 3. The van der Waals surface area contributed by atoms with Gasteiger partial charge >= 0.3 is 7.60 Å². The molecule has 0 atom stereocenters. The zero-order chi connectivity index (χ0) is 23.7. The fourth-order valence-electron chi connectivity index (χ4n) is 3.48. The van der Waals surface area contributed by atoms with Gasteiger partial charge in [-0.25, -0.2) is 0 Å². The van der Waals surface area contributed by atoms with E-state index in [4.69, 9.17) is 0 Å². The van der Waals surface area contributed by atoms with Gasteiger partial charge in [0, 0.05) is 36.4 Å². The first-order chi connectivity index (χ1) is 15.0. The third-order valence-corrected chi connectivity index (χ3v) is 6.57. The molecular formula is C19H14N3O9P. The van der Waals surface area contributed by atoms with Crippen LogP contribution in [0.2, 0.25) is 0 Å². The summed E-state index contributed by atoms with van der Waals surface area (Å²) in [4.78, 5) is 52.1. The zero-order valence-corrected chi connectivity index (χ0v) is 16.9. The predicted molar refractivity (Wildman–Crippen MR) is 111 cm³/mol. The summed E-state index contributed by atoms with van der Waals surface area (Å²) in [6.45, 7) is 0. The van der Waals surface area contributed by atoms with Crippen molar-refractivity contribution >= 4 is 24.7 Å². The van der Waals surface area contributed by atoms with Crippen LogP contribution >= 0.6 is 7.60 Å². The van der Waals surface area contributed by atoms with E-state index in [1.54, 1.807) is 0 Å². The molecule has 0 amide bonds. The highest BCUT2D eigenvalue weighted by molar-refractivity contribution is 7.53. The second-order valence-corrected chi connectivity index (χ2v) is 8.43. The van der Waals surface area contributed by atoms with E-state index in [1.807, 2.05) is 0 Å². The van der Waals surface area contributed by atoms with E-state index < -0.39 is 27.5 Å². The lowest BCUT2D eigenvalue weighted by Crippen LogP contribution is -2.29. The van der Waals surface area contributed by atoms with Crippen LogP contribution < -0.4 is 0 Å². The van der Waals surface area contributed by atoms with Gasteiger partial charge < -0.3 is 9.79 Å². The summed E-state index contributed by atoms with van der Waals surface area (Å²) in [5.41, 5.74) is -1.08. The molecule has 0 unspecified atom stereocenters. The molecule has 0 spiro atoms. The highest BCUT2D eigenvalue weighted by atomic mass is 31.2. The van der Waals surface area contributed by atoms with Crippen molar-refractivity contribution in [1.29, 1.82) is 0 Å². The van der Waals surface area contributed by atoms with E-state index in [-0.39, 0.29) is 33.8 Å². The quantitative estimate of drug-likeness (QED) is 0.229. The summed E-state index contributed by atoms with van der Waals surface area (Å²) in [7, 11) is -5.20. The Bertz CT molecular complexity index is 1100. The highest BCUT2D eigenvalue weighted by Gasteiger charge is 2.51. The average molecular weight is 459 g/mol. The summed E-state index contributed by atoms with van der Waals surface area (Å²) in [6.07, 6.45) is 0. The summed E-state index contributed by atoms with van der Waals surface area (Å²) in [6, 6.07) is 13.4. The van der Waals surface area contributed by atoms with Crippen molar-refractivity contribution in [2.24, 2.45) is 0 Å². The van der Waals surface area contributed by atoms with Gasteiger partial charge in [0.05, 0.1) is 14.8 Å². The van der Waals surface area contributed by atoms with Crippen LogP contribution in [0, 0.1) is 30.3 Å². The van der Waals surface area contributed by atoms with Crippen LogP contribution in [0.25, 0.3) is 0 Å². The first-order valence-corrected chi connectivity index (χ1v) is 10.4. The third kappa shape index (κ3) is 3.85. The molecule has 0 bridgehead atoms. The van der Waals surface area contributed by atoms with Crippen LogP contribution in [0.15, 0.2) is 72.8 Å². The molecule has 32 heavy (non-hydrogen) atoms. The summed E-state index contributed by atoms with van der Waals surface area (Å²) >= 11 is 0. The van der Waals surface area contributed by atoms with Crippen LogP contribution in [-0.4, -0.2) is 24.6 Å². The summed E-state index contributed by atoms with van der Waals surface area (Å²) < 4.78 is 13.0. The molecule has 3 aromatic rings. The Morgan fingerprint density at radius 3 is 0.938 bits per heavy atom. The lowest BCUT2D eigenvalue weighted by atomic mass is 9.83. The lowest BCUT2D eigenvalue weighted by Gasteiger charge is -2.36. The molecule has 164 valence electrons. The maximum atomic E-state index is 13.0. The van der Waals surface area contributed by atoms with Crippen molar-refractivity contribution in [1.82, 2.24) is 0 Å². The zero-order valence-electron chi connectivity index (χ0n) is 16.0. The van der Waals surface area contributed by atoms with E-state index in [2.05, 4.69) is 0 Å². The first-order valence-electron chi connectivity index (χ1n) is 8.79. The fraction of sp³-hybridized carbons (Fsp3) is 0.0526. The Kier molecular flexibility index (Phi) is 5.86. The molecule has 12 nitrogen and oxygen atoms in total. The fourth-order valence-corrected chi connectivity index (χ4v) is 4.93. The van der Waals surface area contributed by atoms with E-state index in [1.165, 1.54) is 36.4 Å². The van der Waals surface area contributed by atoms with E-state index in [0.717, 1.165) is 36.4 Å². The second kappa shape index (κ2) is 8.27. The largest absolute Gasteiger partial charge is 0.344 e. The third-order valence-electron chi connectivity index (χ3n) is 4.92. The Morgan fingerprint density at radius 2 is 0.781 bits per heavy atom. The van der Waals surface area contributed by atoms with Crippen molar-refractivity contribution in [2.45, 2.75) is 5.16 Å². The van der Waals surface area contributed by atoms with Crippen LogP contribution in [0.3, 0.4) is 0 Å². The van der Waals surface area contributed by atoms with Crippen molar-refractivity contribution in [3.8, 4) is 0 Å². The van der Waals surface area contributed by atoms with Crippen molar-refractivity contribution in [2.75, 3.05) is 0 Å². The maximum absolute atomic E-state index is 13.0. The lowest BCUT2D eigenvalue weighted by molar-refractivity contribution is -0.385. The molecule has 3 aromatic carbocycles. The van der Waals surface area contributed by atoms with Gasteiger partial charge in [0.1, 0.15) is 5.16 Å². The standard InChI is InChI=1S/C19H14N3O9P/c23-20(24)16-7-1-13(2-8-16)19(32(29,30)31,14-3-9-17(10-4-14)21(25)26)15-5-11-18(12-6-15)22(27)28/h1-12H,(H2,29,30,31). The van der Waals surface area contributed by atoms with E-state index >= 15 is 0 Å².